The molecule has 0 aliphatic carbocycles. The minimum absolute atomic E-state index is 0.228. The van der Waals surface area contributed by atoms with E-state index in [9.17, 15) is 0 Å². The molecule has 3 N–H and O–H groups in total. The van der Waals surface area contributed by atoms with Gasteiger partial charge in [-0.1, -0.05) is 0 Å². The Morgan fingerprint density at radius 2 is 2.36 bits per heavy atom. The molecule has 0 unspecified atom stereocenters. The highest BCUT2D eigenvalue weighted by molar-refractivity contribution is 5.56. The summed E-state index contributed by atoms with van der Waals surface area (Å²) >= 11 is 0. The molecule has 0 saturated heterocycles. The average Bonchev–Trinajstić information content (AvgIpc) is 2.18. The molecule has 14 heavy (non-hydrogen) atoms. The fourth-order valence-electron chi connectivity index (χ4n) is 1.01. The van der Waals surface area contributed by atoms with Crippen molar-refractivity contribution in [3.8, 4) is 6.07 Å². The largest absolute Gasteiger partial charge is 0.377 e. The lowest BCUT2D eigenvalue weighted by Gasteiger charge is -2.25. The average molecular weight is 190 g/mol. The maximum Gasteiger partial charge on any atom is 0.101 e. The maximum absolute atomic E-state index is 8.84. The summed E-state index contributed by atoms with van der Waals surface area (Å²) in [7, 11) is 0. The second-order valence-corrected chi connectivity index (χ2v) is 3.75. The van der Waals surface area contributed by atoms with Crippen molar-refractivity contribution in [2.24, 2.45) is 5.73 Å². The lowest BCUT2D eigenvalue weighted by Crippen LogP contribution is -2.39. The van der Waals surface area contributed by atoms with Gasteiger partial charge in [-0.05, 0) is 19.9 Å². The van der Waals surface area contributed by atoms with Gasteiger partial charge >= 0.3 is 0 Å². The lowest BCUT2D eigenvalue weighted by molar-refractivity contribution is 0.579. The van der Waals surface area contributed by atoms with E-state index < -0.39 is 0 Å². The van der Waals surface area contributed by atoms with E-state index in [0.717, 1.165) is 5.69 Å². The summed E-state index contributed by atoms with van der Waals surface area (Å²) in [5, 5.41) is 12.0. The van der Waals surface area contributed by atoms with Gasteiger partial charge in [0.05, 0.1) is 17.4 Å². The number of anilines is 1. The van der Waals surface area contributed by atoms with Crippen molar-refractivity contribution in [2.75, 3.05) is 11.9 Å². The highest BCUT2D eigenvalue weighted by Crippen LogP contribution is 2.17. The molecule has 0 atom stereocenters. The van der Waals surface area contributed by atoms with Crippen LogP contribution in [0.4, 0.5) is 5.69 Å². The number of rotatable bonds is 3. The van der Waals surface area contributed by atoms with E-state index in [0.29, 0.717) is 12.1 Å². The normalized spacial score (nSPS) is 10.7. The third-order valence-electron chi connectivity index (χ3n) is 1.92. The zero-order chi connectivity index (χ0) is 10.6. The Morgan fingerprint density at radius 1 is 1.64 bits per heavy atom. The number of pyridine rings is 1. The minimum Gasteiger partial charge on any atom is -0.377 e. The quantitative estimate of drug-likeness (QED) is 0.748. The molecule has 0 radical (unpaired) electrons. The molecule has 0 aliphatic rings. The van der Waals surface area contributed by atoms with E-state index in [2.05, 4.69) is 16.4 Å². The van der Waals surface area contributed by atoms with Crippen LogP contribution in [0.25, 0.3) is 0 Å². The van der Waals surface area contributed by atoms with Crippen LogP contribution in [0.15, 0.2) is 18.5 Å². The second kappa shape index (κ2) is 4.07. The van der Waals surface area contributed by atoms with Crippen molar-refractivity contribution in [1.82, 2.24) is 4.98 Å². The zero-order valence-corrected chi connectivity index (χ0v) is 8.41. The number of nitrogens with zero attached hydrogens (tertiary/aromatic N) is 2. The Bertz CT molecular complexity index is 351. The number of aromatic nitrogens is 1. The third-order valence-corrected chi connectivity index (χ3v) is 1.92. The molecule has 4 nitrogen and oxygen atoms in total. The predicted molar refractivity (Wildman–Crippen MR) is 55.7 cm³/mol. The maximum atomic E-state index is 8.84. The molecule has 0 bridgehead atoms. The van der Waals surface area contributed by atoms with Gasteiger partial charge in [-0.25, -0.2) is 0 Å². The van der Waals surface area contributed by atoms with Crippen LogP contribution < -0.4 is 11.1 Å². The summed E-state index contributed by atoms with van der Waals surface area (Å²) in [5.74, 6) is 0. The van der Waals surface area contributed by atoms with Gasteiger partial charge in [0.25, 0.3) is 0 Å². The topological polar surface area (TPSA) is 74.7 Å². The number of nitrogens with one attached hydrogen (secondary N) is 1. The molecule has 1 heterocycles. The van der Waals surface area contributed by atoms with Gasteiger partial charge in [-0.2, -0.15) is 5.26 Å². The molecule has 0 amide bonds. The van der Waals surface area contributed by atoms with Gasteiger partial charge in [0, 0.05) is 18.3 Å². The van der Waals surface area contributed by atoms with E-state index in [4.69, 9.17) is 11.0 Å². The summed E-state index contributed by atoms with van der Waals surface area (Å²) in [6.07, 6.45) is 3.23. The van der Waals surface area contributed by atoms with Crippen LogP contribution in [-0.2, 0) is 0 Å². The van der Waals surface area contributed by atoms with Crippen molar-refractivity contribution < 1.29 is 0 Å². The van der Waals surface area contributed by atoms with Crippen LogP contribution in [0.1, 0.15) is 19.4 Å². The van der Waals surface area contributed by atoms with Crippen LogP contribution in [0.2, 0.25) is 0 Å². The highest BCUT2D eigenvalue weighted by atomic mass is 15.0. The Morgan fingerprint density at radius 3 is 2.93 bits per heavy atom. The molecule has 0 aliphatic heterocycles. The molecule has 0 spiro atoms. The van der Waals surface area contributed by atoms with Crippen LogP contribution in [0.5, 0.6) is 0 Å². The SMILES string of the molecule is CC(C)(CN)Nc1cnccc1C#N. The van der Waals surface area contributed by atoms with Gasteiger partial charge in [0.15, 0.2) is 0 Å². The Labute approximate surface area is 83.8 Å². The number of nitriles is 1. The zero-order valence-electron chi connectivity index (χ0n) is 8.41. The summed E-state index contributed by atoms with van der Waals surface area (Å²) in [6.45, 7) is 4.44. The Kier molecular flexibility index (Phi) is 3.05. The summed E-state index contributed by atoms with van der Waals surface area (Å²) < 4.78 is 0. The molecule has 1 aromatic rings. The molecule has 0 fully saturated rings. The molecular formula is C10H14N4. The van der Waals surface area contributed by atoms with E-state index in [1.54, 1.807) is 18.5 Å². The third kappa shape index (κ3) is 2.44. The Balaban J connectivity index is 2.92. The summed E-state index contributed by atoms with van der Waals surface area (Å²) in [5.41, 5.74) is 6.66. The molecule has 0 saturated carbocycles. The van der Waals surface area contributed by atoms with Crippen LogP contribution in [-0.4, -0.2) is 17.1 Å². The number of hydrogen-bond acceptors (Lipinski definition) is 4. The summed E-state index contributed by atoms with van der Waals surface area (Å²) in [6, 6.07) is 3.77. The van der Waals surface area contributed by atoms with Crippen molar-refractivity contribution in [3.63, 3.8) is 0 Å². The van der Waals surface area contributed by atoms with E-state index in [1.165, 1.54) is 0 Å². The molecule has 74 valence electrons. The minimum atomic E-state index is -0.228. The van der Waals surface area contributed by atoms with E-state index >= 15 is 0 Å². The highest BCUT2D eigenvalue weighted by Gasteiger charge is 2.16. The molecule has 1 aromatic heterocycles. The van der Waals surface area contributed by atoms with E-state index in [1.807, 2.05) is 13.8 Å². The number of hydrogen-bond donors (Lipinski definition) is 2. The van der Waals surface area contributed by atoms with Gasteiger partial charge in [-0.3, -0.25) is 4.98 Å². The van der Waals surface area contributed by atoms with Gasteiger partial charge in [0.1, 0.15) is 6.07 Å². The van der Waals surface area contributed by atoms with Crippen molar-refractivity contribution in [1.29, 1.82) is 5.26 Å². The van der Waals surface area contributed by atoms with Gasteiger partial charge in [0.2, 0.25) is 0 Å². The van der Waals surface area contributed by atoms with E-state index in [-0.39, 0.29) is 5.54 Å². The molecular weight excluding hydrogens is 176 g/mol. The first-order valence-corrected chi connectivity index (χ1v) is 4.41. The first kappa shape index (κ1) is 10.5. The fourth-order valence-corrected chi connectivity index (χ4v) is 1.01. The van der Waals surface area contributed by atoms with Crippen LogP contribution >= 0.6 is 0 Å². The van der Waals surface area contributed by atoms with Crippen molar-refractivity contribution in [2.45, 2.75) is 19.4 Å². The number of nitrogens with two attached hydrogens (primary N) is 1. The first-order chi connectivity index (χ1) is 6.59. The van der Waals surface area contributed by atoms with Gasteiger partial charge in [-0.15, -0.1) is 0 Å². The monoisotopic (exact) mass is 190 g/mol. The molecule has 0 aromatic carbocycles. The van der Waals surface area contributed by atoms with Crippen molar-refractivity contribution >= 4 is 5.69 Å². The van der Waals surface area contributed by atoms with Crippen LogP contribution in [0.3, 0.4) is 0 Å². The second-order valence-electron chi connectivity index (χ2n) is 3.75. The Hall–Kier alpha value is -1.60. The first-order valence-electron chi connectivity index (χ1n) is 4.41. The summed E-state index contributed by atoms with van der Waals surface area (Å²) in [4.78, 5) is 3.96. The molecule has 4 heteroatoms. The fraction of sp³-hybridized carbons (Fsp3) is 0.400. The van der Waals surface area contributed by atoms with Crippen LogP contribution in [0, 0.1) is 11.3 Å². The predicted octanol–water partition coefficient (Wildman–Crippen LogP) is 1.10. The van der Waals surface area contributed by atoms with Crippen molar-refractivity contribution in [3.05, 3.63) is 24.0 Å². The van der Waals surface area contributed by atoms with Gasteiger partial charge < -0.3 is 11.1 Å². The lowest BCUT2D eigenvalue weighted by atomic mass is 10.1. The smallest absolute Gasteiger partial charge is 0.101 e. The molecule has 1 rings (SSSR count). The standard InChI is InChI=1S/C10H14N4/c1-10(2,7-12)14-9-6-13-4-3-8(9)5-11/h3-4,6,14H,7,12H2,1-2H3.